The van der Waals surface area contributed by atoms with Crippen molar-refractivity contribution in [1.82, 2.24) is 50.5 Å². The van der Waals surface area contributed by atoms with Gasteiger partial charge in [-0.05, 0) is 61.8 Å². The molecule has 2 fully saturated rings. The lowest BCUT2D eigenvalue weighted by Crippen LogP contribution is -2.54. The van der Waals surface area contributed by atoms with Crippen LogP contribution in [0.5, 0.6) is 0 Å². The van der Waals surface area contributed by atoms with E-state index in [1.165, 1.54) is 27.3 Å². The van der Waals surface area contributed by atoms with Crippen molar-refractivity contribution in [1.29, 1.82) is 0 Å². The van der Waals surface area contributed by atoms with Gasteiger partial charge in [-0.25, -0.2) is 19.6 Å². The zero-order valence-electron chi connectivity index (χ0n) is 32.7. The molecule has 0 radical (unpaired) electrons. The highest BCUT2D eigenvalue weighted by Crippen LogP contribution is 2.36. The minimum Gasteiger partial charge on any atom is -0.453 e. The molecule has 1 unspecified atom stereocenters. The van der Waals surface area contributed by atoms with Crippen LogP contribution in [0.2, 0.25) is 0 Å². The van der Waals surface area contributed by atoms with E-state index >= 15 is 0 Å². The number of primary amides is 1. The number of imidazole rings is 2. The van der Waals surface area contributed by atoms with Crippen molar-refractivity contribution in [3.8, 4) is 33.6 Å². The summed E-state index contributed by atoms with van der Waals surface area (Å²) in [5.41, 5.74) is 9.80. The molecule has 18 heteroatoms. The van der Waals surface area contributed by atoms with Gasteiger partial charge in [-0.15, -0.1) is 0 Å². The molecule has 6 N–H and O–H groups in total. The number of ether oxygens (including phenoxy) is 3. The summed E-state index contributed by atoms with van der Waals surface area (Å²) in [5, 5.41) is 12.9. The summed E-state index contributed by atoms with van der Waals surface area (Å²) >= 11 is 0. The molecule has 2 saturated heterocycles. The number of hydrogen-bond acceptors (Lipinski definition) is 11. The van der Waals surface area contributed by atoms with E-state index in [-0.39, 0.29) is 30.3 Å². The predicted molar refractivity (Wildman–Crippen MR) is 209 cm³/mol. The molecular formula is C40H47N11O7. The maximum absolute atomic E-state index is 13.9. The minimum atomic E-state index is -1.57. The van der Waals surface area contributed by atoms with Gasteiger partial charge >= 0.3 is 12.2 Å². The van der Waals surface area contributed by atoms with Crippen LogP contribution < -0.4 is 11.1 Å². The fourth-order valence-electron chi connectivity index (χ4n) is 7.82. The normalized spacial score (nSPS) is 18.7. The first kappa shape index (κ1) is 39.7. The van der Waals surface area contributed by atoms with Crippen molar-refractivity contribution in [2.75, 3.05) is 27.3 Å². The van der Waals surface area contributed by atoms with E-state index in [0.717, 1.165) is 52.9 Å². The number of aromatic amines is 3. The molecular weight excluding hydrogens is 747 g/mol. The highest BCUT2D eigenvalue weighted by atomic mass is 16.6. The van der Waals surface area contributed by atoms with Crippen LogP contribution in [0.15, 0.2) is 67.1 Å². The van der Waals surface area contributed by atoms with E-state index in [1.807, 2.05) is 48.5 Å². The molecule has 2 aliphatic heterocycles. The third-order valence-electron chi connectivity index (χ3n) is 10.9. The third kappa shape index (κ3) is 8.27. The molecule has 2 aromatic carbocycles. The standard InChI is InChI=1S/C40H47N11O7/c1-23(56-3)33(47-39(55)57-4)36(52)50-17-5-7-31(50)34-42-21-29(45-34)26-13-9-24(10-14-26)25-11-15-27(16-12-25)30-22-43-35(46-30)32-8-6-18-51(32)37(53)40(2,58-38(41)54)19-28-20-44-49-48-28/h9-16,20-23,31-33H,5-8,17-19H2,1-4H3,(H2,41,54)(H,42,45)(H,43,46)(H,47,55)(H,44,48,49)/t23-,31?,32+,33+,40+/m1/s1. The van der Waals surface area contributed by atoms with Crippen molar-refractivity contribution in [2.45, 2.75) is 75.8 Å². The Hall–Kier alpha value is -6.56. The third-order valence-corrected chi connectivity index (χ3v) is 10.9. The van der Waals surface area contributed by atoms with Crippen molar-refractivity contribution in [3.63, 3.8) is 0 Å². The number of benzene rings is 2. The van der Waals surface area contributed by atoms with Crippen LogP contribution in [0.1, 0.15) is 69.0 Å². The first-order valence-electron chi connectivity index (χ1n) is 19.1. The Morgan fingerprint density at radius 1 is 0.845 bits per heavy atom. The van der Waals surface area contributed by atoms with Crippen LogP contribution >= 0.6 is 0 Å². The Kier molecular flexibility index (Phi) is 11.6. The number of likely N-dealkylation sites (tertiary alicyclic amines) is 2. The summed E-state index contributed by atoms with van der Waals surface area (Å²) < 4.78 is 15.5. The van der Waals surface area contributed by atoms with Gasteiger partial charge in [0, 0.05) is 26.6 Å². The highest BCUT2D eigenvalue weighted by molar-refractivity contribution is 5.88. The quantitative estimate of drug-likeness (QED) is 0.112. The van der Waals surface area contributed by atoms with E-state index in [9.17, 15) is 19.2 Å². The van der Waals surface area contributed by atoms with Crippen LogP contribution in [0.4, 0.5) is 9.59 Å². The number of carbonyl (C=O) groups is 4. The number of nitrogens with one attached hydrogen (secondary N) is 4. The molecule has 304 valence electrons. The molecule has 7 rings (SSSR count). The highest BCUT2D eigenvalue weighted by Gasteiger charge is 2.45. The summed E-state index contributed by atoms with van der Waals surface area (Å²) in [7, 11) is 2.74. The molecule has 0 saturated carbocycles. The van der Waals surface area contributed by atoms with Crippen LogP contribution in [0, 0.1) is 0 Å². The fourth-order valence-corrected chi connectivity index (χ4v) is 7.82. The van der Waals surface area contributed by atoms with Gasteiger partial charge < -0.3 is 45.0 Å². The van der Waals surface area contributed by atoms with E-state index in [2.05, 4.69) is 40.7 Å². The summed E-state index contributed by atoms with van der Waals surface area (Å²) in [4.78, 5) is 70.9. The molecule has 5 atom stereocenters. The number of methoxy groups -OCH3 is 2. The monoisotopic (exact) mass is 793 g/mol. The summed E-state index contributed by atoms with van der Waals surface area (Å²) in [6, 6.07) is 14.7. The van der Waals surface area contributed by atoms with Crippen LogP contribution in [0.25, 0.3) is 33.6 Å². The molecule has 5 heterocycles. The number of hydrogen-bond donors (Lipinski definition) is 5. The number of carbonyl (C=O) groups excluding carboxylic acids is 4. The van der Waals surface area contributed by atoms with Crippen molar-refractivity contribution in [3.05, 3.63) is 84.5 Å². The SMILES string of the molecule is COC(=O)N[C@H](C(=O)N1CCCC1c1ncc(-c2ccc(-c3ccc(-c4cnc([C@@H]5CCCN5C(=O)[C@](C)(Cc5cn[nH]n5)OC(N)=O)[nH]4)cc3)cc2)[nH]1)[C@@H](C)OC. The van der Waals surface area contributed by atoms with Crippen molar-refractivity contribution in [2.24, 2.45) is 5.73 Å². The summed E-state index contributed by atoms with van der Waals surface area (Å²) in [6.07, 6.45) is 5.67. The van der Waals surface area contributed by atoms with Gasteiger partial charge in [-0.2, -0.15) is 15.4 Å². The maximum Gasteiger partial charge on any atom is 0.407 e. The lowest BCUT2D eigenvalue weighted by molar-refractivity contribution is -0.150. The number of nitrogens with zero attached hydrogens (tertiary/aromatic N) is 6. The summed E-state index contributed by atoms with van der Waals surface area (Å²) in [5.74, 6) is 0.671. The average Bonchev–Trinajstić information content (AvgIpc) is 4.08. The molecule has 0 bridgehead atoms. The first-order chi connectivity index (χ1) is 28.0. The van der Waals surface area contributed by atoms with Gasteiger partial charge in [-0.1, -0.05) is 48.5 Å². The van der Waals surface area contributed by atoms with E-state index in [0.29, 0.717) is 36.9 Å². The molecule has 5 aromatic rings. The lowest BCUT2D eigenvalue weighted by Gasteiger charge is -2.33. The zero-order chi connectivity index (χ0) is 41.0. The van der Waals surface area contributed by atoms with E-state index < -0.39 is 29.9 Å². The van der Waals surface area contributed by atoms with Crippen LogP contribution in [-0.4, -0.2) is 114 Å². The van der Waals surface area contributed by atoms with Gasteiger partial charge in [0.15, 0.2) is 5.60 Å². The zero-order valence-corrected chi connectivity index (χ0v) is 32.7. The van der Waals surface area contributed by atoms with Crippen molar-refractivity contribution < 1.29 is 33.4 Å². The Balaban J connectivity index is 1.01. The van der Waals surface area contributed by atoms with Gasteiger partial charge in [0.2, 0.25) is 5.91 Å². The number of amides is 4. The topological polar surface area (TPSA) is 239 Å². The fraction of sp³-hybridized carbons (Fsp3) is 0.400. The van der Waals surface area contributed by atoms with E-state index in [1.54, 1.807) is 29.1 Å². The first-order valence-corrected chi connectivity index (χ1v) is 19.1. The lowest BCUT2D eigenvalue weighted by atomic mass is 9.97. The van der Waals surface area contributed by atoms with Gasteiger partial charge in [0.05, 0.1) is 61.0 Å². The Morgan fingerprint density at radius 3 is 1.88 bits per heavy atom. The number of nitrogens with two attached hydrogens (primary N) is 1. The van der Waals surface area contributed by atoms with Gasteiger partial charge in [0.25, 0.3) is 5.91 Å². The maximum atomic E-state index is 13.9. The molecule has 58 heavy (non-hydrogen) atoms. The molecule has 3 aromatic heterocycles. The minimum absolute atomic E-state index is 0.00938. The smallest absolute Gasteiger partial charge is 0.407 e. The molecule has 0 spiro atoms. The van der Waals surface area contributed by atoms with Crippen LogP contribution in [-0.2, 0) is 30.2 Å². The second-order valence-electron chi connectivity index (χ2n) is 14.7. The molecule has 18 nitrogen and oxygen atoms in total. The van der Waals surface area contributed by atoms with Crippen molar-refractivity contribution >= 4 is 24.0 Å². The Labute approximate surface area is 334 Å². The number of H-pyrrole nitrogens is 3. The number of aromatic nitrogens is 7. The average molecular weight is 794 g/mol. The number of alkyl carbamates (subject to hydrolysis) is 1. The largest absolute Gasteiger partial charge is 0.453 e. The molecule has 2 aliphatic rings. The molecule has 4 amide bonds. The Morgan fingerprint density at radius 2 is 1.38 bits per heavy atom. The number of rotatable bonds is 13. The Bertz CT molecular complexity index is 2220. The molecule has 0 aliphatic carbocycles. The predicted octanol–water partition coefficient (Wildman–Crippen LogP) is 4.44. The van der Waals surface area contributed by atoms with E-state index in [4.69, 9.17) is 19.9 Å². The second kappa shape index (κ2) is 16.9. The summed E-state index contributed by atoms with van der Waals surface area (Å²) in [6.45, 7) is 4.26. The van der Waals surface area contributed by atoms with Gasteiger partial charge in [0.1, 0.15) is 17.7 Å². The second-order valence-corrected chi connectivity index (χ2v) is 14.7. The van der Waals surface area contributed by atoms with Gasteiger partial charge in [-0.3, -0.25) is 9.59 Å². The van der Waals surface area contributed by atoms with Crippen LogP contribution in [0.3, 0.4) is 0 Å².